The summed E-state index contributed by atoms with van der Waals surface area (Å²) in [7, 11) is 0. The molecule has 0 radical (unpaired) electrons. The molecule has 92 valence electrons. The van der Waals surface area contributed by atoms with Crippen molar-refractivity contribution >= 4 is 35.6 Å². The Bertz CT molecular complexity index is 355. The molecule has 0 aliphatic carbocycles. The van der Waals surface area contributed by atoms with Crippen molar-refractivity contribution in [3.05, 3.63) is 33.8 Å². The predicted molar refractivity (Wildman–Crippen MR) is 71.5 cm³/mol. The van der Waals surface area contributed by atoms with Crippen molar-refractivity contribution in [2.45, 2.75) is 19.9 Å². The number of hydrogen-bond donors (Lipinski definition) is 2. The summed E-state index contributed by atoms with van der Waals surface area (Å²) < 4.78 is 0. The van der Waals surface area contributed by atoms with Crippen LogP contribution >= 0.6 is 35.6 Å². The van der Waals surface area contributed by atoms with Crippen LogP contribution in [0.2, 0.25) is 10.0 Å². The summed E-state index contributed by atoms with van der Waals surface area (Å²) in [6.07, 6.45) is 0. The molecular weight excluding hydrogens is 268 g/mol. The molecule has 0 bridgehead atoms. The van der Waals surface area contributed by atoms with Crippen molar-refractivity contribution in [1.82, 2.24) is 0 Å². The zero-order chi connectivity index (χ0) is 11.6. The minimum Gasteiger partial charge on any atom is -0.396 e. The number of aliphatic hydroxyl groups excluding tert-OH is 1. The van der Waals surface area contributed by atoms with Gasteiger partial charge in [0.05, 0.1) is 0 Å². The van der Waals surface area contributed by atoms with E-state index in [2.05, 4.69) is 0 Å². The number of benzene rings is 1. The Hall–Kier alpha value is 0.01000. The fourth-order valence-corrected chi connectivity index (χ4v) is 1.80. The van der Waals surface area contributed by atoms with Gasteiger partial charge in [0.2, 0.25) is 0 Å². The van der Waals surface area contributed by atoms with Gasteiger partial charge < -0.3 is 10.8 Å². The first-order valence-corrected chi connectivity index (χ1v) is 5.45. The van der Waals surface area contributed by atoms with E-state index in [9.17, 15) is 5.11 Å². The summed E-state index contributed by atoms with van der Waals surface area (Å²) in [4.78, 5) is 0. The zero-order valence-corrected chi connectivity index (χ0v) is 11.5. The smallest absolute Gasteiger partial charge is 0.0500 e. The van der Waals surface area contributed by atoms with Crippen molar-refractivity contribution in [2.75, 3.05) is 6.61 Å². The molecular formula is C11H16Cl3NO. The minimum absolute atomic E-state index is 0. The van der Waals surface area contributed by atoms with Crippen LogP contribution < -0.4 is 5.73 Å². The van der Waals surface area contributed by atoms with Gasteiger partial charge in [0, 0.05) is 28.1 Å². The van der Waals surface area contributed by atoms with Crippen molar-refractivity contribution < 1.29 is 5.11 Å². The van der Waals surface area contributed by atoms with Gasteiger partial charge in [-0.2, -0.15) is 0 Å². The van der Waals surface area contributed by atoms with Crippen LogP contribution in [0.5, 0.6) is 0 Å². The topological polar surface area (TPSA) is 46.2 Å². The third-order valence-corrected chi connectivity index (χ3v) is 3.11. The molecule has 0 saturated heterocycles. The highest BCUT2D eigenvalue weighted by atomic mass is 35.5. The molecule has 0 heterocycles. The van der Waals surface area contributed by atoms with Crippen molar-refractivity contribution in [3.8, 4) is 0 Å². The second-order valence-corrected chi connectivity index (χ2v) is 5.13. The van der Waals surface area contributed by atoms with E-state index in [4.69, 9.17) is 28.9 Å². The molecule has 0 aromatic heterocycles. The van der Waals surface area contributed by atoms with Gasteiger partial charge in [-0.25, -0.2) is 0 Å². The maximum Gasteiger partial charge on any atom is 0.0500 e. The molecule has 0 amide bonds. The number of aliphatic hydroxyl groups is 1. The monoisotopic (exact) mass is 283 g/mol. The standard InChI is InChI=1S/C11H15Cl2NO.ClH/c1-11(2,6-15)10(14)8-4-3-7(12)5-9(8)13;/h3-5,10,15H,6,14H2,1-2H3;1H/t10-;/m0./s1. The third kappa shape index (κ3) is 3.51. The predicted octanol–water partition coefficient (Wildman–Crippen LogP) is 3.43. The van der Waals surface area contributed by atoms with Gasteiger partial charge in [0.25, 0.3) is 0 Å². The van der Waals surface area contributed by atoms with Crippen LogP contribution in [0, 0.1) is 5.41 Å². The lowest BCUT2D eigenvalue weighted by Gasteiger charge is -2.30. The van der Waals surface area contributed by atoms with Crippen LogP contribution in [-0.2, 0) is 0 Å². The lowest BCUT2D eigenvalue weighted by molar-refractivity contribution is 0.132. The van der Waals surface area contributed by atoms with Crippen molar-refractivity contribution in [1.29, 1.82) is 0 Å². The SMILES string of the molecule is CC(C)(CO)[C@@H](N)c1ccc(Cl)cc1Cl.Cl. The summed E-state index contributed by atoms with van der Waals surface area (Å²) in [6.45, 7) is 3.79. The Balaban J connectivity index is 0.00000225. The molecule has 0 spiro atoms. The summed E-state index contributed by atoms with van der Waals surface area (Å²) in [5.74, 6) is 0. The van der Waals surface area contributed by atoms with Gasteiger partial charge in [-0.3, -0.25) is 0 Å². The van der Waals surface area contributed by atoms with Gasteiger partial charge in [-0.15, -0.1) is 12.4 Å². The summed E-state index contributed by atoms with van der Waals surface area (Å²) in [5.41, 5.74) is 6.45. The molecule has 3 N–H and O–H groups in total. The Kier molecular flexibility index (Phi) is 6.09. The van der Waals surface area contributed by atoms with Gasteiger partial charge >= 0.3 is 0 Å². The second kappa shape index (κ2) is 6.08. The van der Waals surface area contributed by atoms with Crippen molar-refractivity contribution in [3.63, 3.8) is 0 Å². The first-order valence-electron chi connectivity index (χ1n) is 4.70. The van der Waals surface area contributed by atoms with E-state index >= 15 is 0 Å². The second-order valence-electron chi connectivity index (χ2n) is 4.29. The Morgan fingerprint density at radius 1 is 1.38 bits per heavy atom. The minimum atomic E-state index is -0.405. The fourth-order valence-electron chi connectivity index (χ4n) is 1.27. The highest BCUT2D eigenvalue weighted by Gasteiger charge is 2.28. The Morgan fingerprint density at radius 3 is 2.38 bits per heavy atom. The van der Waals surface area contributed by atoms with Gasteiger partial charge in [-0.05, 0) is 17.7 Å². The highest BCUT2D eigenvalue weighted by molar-refractivity contribution is 6.35. The van der Waals surface area contributed by atoms with Crippen LogP contribution in [-0.4, -0.2) is 11.7 Å². The lowest BCUT2D eigenvalue weighted by Crippen LogP contribution is -2.32. The number of rotatable bonds is 3. The molecule has 1 aromatic carbocycles. The van der Waals surface area contributed by atoms with Crippen LogP contribution in [0.1, 0.15) is 25.5 Å². The molecule has 0 unspecified atom stereocenters. The van der Waals surface area contributed by atoms with Crippen LogP contribution in [0.15, 0.2) is 18.2 Å². The molecule has 0 saturated carbocycles. The summed E-state index contributed by atoms with van der Waals surface area (Å²) in [5, 5.41) is 10.3. The molecule has 1 aromatic rings. The molecule has 1 rings (SSSR count). The molecule has 5 heteroatoms. The molecule has 0 aliphatic heterocycles. The van der Waals surface area contributed by atoms with E-state index in [1.807, 2.05) is 13.8 Å². The molecule has 0 fully saturated rings. The number of halogens is 3. The highest BCUT2D eigenvalue weighted by Crippen LogP contribution is 2.35. The average molecular weight is 285 g/mol. The quantitative estimate of drug-likeness (QED) is 0.893. The third-order valence-electron chi connectivity index (χ3n) is 2.55. The van der Waals surface area contributed by atoms with E-state index < -0.39 is 5.41 Å². The van der Waals surface area contributed by atoms with Crippen molar-refractivity contribution in [2.24, 2.45) is 11.1 Å². The molecule has 16 heavy (non-hydrogen) atoms. The Labute approximate surface area is 112 Å². The fraction of sp³-hybridized carbons (Fsp3) is 0.455. The molecule has 2 nitrogen and oxygen atoms in total. The van der Waals surface area contributed by atoms with Gasteiger partial charge in [0.15, 0.2) is 0 Å². The average Bonchev–Trinajstić information content (AvgIpc) is 2.17. The van der Waals surface area contributed by atoms with E-state index in [-0.39, 0.29) is 25.1 Å². The first kappa shape index (κ1) is 16.0. The van der Waals surface area contributed by atoms with E-state index in [1.165, 1.54) is 0 Å². The van der Waals surface area contributed by atoms with Crippen LogP contribution in [0.3, 0.4) is 0 Å². The maximum absolute atomic E-state index is 9.22. The maximum atomic E-state index is 9.22. The number of nitrogens with two attached hydrogens (primary N) is 1. The molecule has 1 atom stereocenters. The Morgan fingerprint density at radius 2 is 1.94 bits per heavy atom. The summed E-state index contributed by atoms with van der Waals surface area (Å²) >= 11 is 11.8. The van der Waals surface area contributed by atoms with Gasteiger partial charge in [0.1, 0.15) is 0 Å². The van der Waals surface area contributed by atoms with Crippen LogP contribution in [0.4, 0.5) is 0 Å². The largest absolute Gasteiger partial charge is 0.396 e. The lowest BCUT2D eigenvalue weighted by atomic mass is 9.82. The van der Waals surface area contributed by atoms with E-state index in [1.54, 1.807) is 18.2 Å². The summed E-state index contributed by atoms with van der Waals surface area (Å²) in [6, 6.07) is 4.89. The van der Waals surface area contributed by atoms with E-state index in [0.717, 1.165) is 5.56 Å². The zero-order valence-electron chi connectivity index (χ0n) is 9.21. The van der Waals surface area contributed by atoms with E-state index in [0.29, 0.717) is 10.0 Å². The van der Waals surface area contributed by atoms with Crippen LogP contribution in [0.25, 0.3) is 0 Å². The number of hydrogen-bond acceptors (Lipinski definition) is 2. The first-order chi connectivity index (χ1) is 6.88. The molecule has 0 aliphatic rings. The van der Waals surface area contributed by atoms with Gasteiger partial charge in [-0.1, -0.05) is 43.1 Å². The normalized spacial score (nSPS) is 13.1.